The predicted octanol–water partition coefficient (Wildman–Crippen LogP) is 3.47. The number of carbonyl (C=O) groups is 2. The SMILES string of the molecule is Cc1cc(C)cc(CN2CC3(CCN(C(=O)c4ccc5nonc5c4)CC3)OC2=O)c1. The highest BCUT2D eigenvalue weighted by molar-refractivity contribution is 5.97. The van der Waals surface area contributed by atoms with Crippen LogP contribution in [0.15, 0.2) is 41.0 Å². The van der Waals surface area contributed by atoms with Gasteiger partial charge in [-0.2, -0.15) is 0 Å². The zero-order valence-electron chi connectivity index (χ0n) is 17.6. The van der Waals surface area contributed by atoms with Crippen LogP contribution < -0.4 is 0 Å². The van der Waals surface area contributed by atoms with Crippen molar-refractivity contribution < 1.29 is 19.0 Å². The minimum Gasteiger partial charge on any atom is -0.441 e. The van der Waals surface area contributed by atoms with Crippen LogP contribution in [-0.2, 0) is 11.3 Å². The molecule has 3 heterocycles. The fourth-order valence-corrected chi connectivity index (χ4v) is 4.67. The van der Waals surface area contributed by atoms with Crippen molar-refractivity contribution in [1.82, 2.24) is 20.1 Å². The van der Waals surface area contributed by atoms with Crippen molar-refractivity contribution in [3.63, 3.8) is 0 Å². The van der Waals surface area contributed by atoms with Gasteiger partial charge in [-0.1, -0.05) is 29.3 Å². The van der Waals surface area contributed by atoms with Crippen LogP contribution in [-0.4, -0.2) is 57.3 Å². The second-order valence-electron chi connectivity index (χ2n) is 8.66. The van der Waals surface area contributed by atoms with Crippen molar-refractivity contribution in [2.75, 3.05) is 19.6 Å². The minimum atomic E-state index is -0.521. The number of benzene rings is 2. The van der Waals surface area contributed by atoms with Gasteiger partial charge in [0, 0.05) is 38.0 Å². The summed E-state index contributed by atoms with van der Waals surface area (Å²) in [6.07, 6.45) is 0.978. The molecule has 5 rings (SSSR count). The number of aromatic nitrogens is 2. The van der Waals surface area contributed by atoms with Crippen molar-refractivity contribution >= 4 is 23.0 Å². The van der Waals surface area contributed by atoms with E-state index in [2.05, 4.69) is 42.4 Å². The molecule has 0 bridgehead atoms. The van der Waals surface area contributed by atoms with Crippen LogP contribution >= 0.6 is 0 Å². The highest BCUT2D eigenvalue weighted by atomic mass is 16.6. The summed E-state index contributed by atoms with van der Waals surface area (Å²) in [5.74, 6) is -0.0591. The van der Waals surface area contributed by atoms with Gasteiger partial charge in [0.05, 0.1) is 6.54 Å². The summed E-state index contributed by atoms with van der Waals surface area (Å²) in [6.45, 7) is 6.29. The average molecular weight is 420 g/mol. The minimum absolute atomic E-state index is 0.0591. The summed E-state index contributed by atoms with van der Waals surface area (Å²) in [7, 11) is 0. The Morgan fingerprint density at radius 3 is 2.48 bits per heavy atom. The Kier molecular flexibility index (Phi) is 4.64. The molecule has 2 amide bonds. The van der Waals surface area contributed by atoms with Gasteiger partial charge in [-0.15, -0.1) is 0 Å². The largest absolute Gasteiger partial charge is 0.441 e. The lowest BCUT2D eigenvalue weighted by Gasteiger charge is -2.37. The van der Waals surface area contributed by atoms with Crippen molar-refractivity contribution in [3.8, 4) is 0 Å². The molecule has 2 fully saturated rings. The zero-order valence-corrected chi connectivity index (χ0v) is 17.6. The second-order valence-corrected chi connectivity index (χ2v) is 8.66. The molecule has 8 nitrogen and oxygen atoms in total. The molecule has 31 heavy (non-hydrogen) atoms. The molecule has 0 N–H and O–H groups in total. The summed E-state index contributed by atoms with van der Waals surface area (Å²) >= 11 is 0. The molecular weight excluding hydrogens is 396 g/mol. The Hall–Kier alpha value is -3.42. The third-order valence-electron chi connectivity index (χ3n) is 6.16. The fourth-order valence-electron chi connectivity index (χ4n) is 4.67. The fraction of sp³-hybridized carbons (Fsp3) is 0.391. The van der Waals surface area contributed by atoms with E-state index in [4.69, 9.17) is 9.37 Å². The van der Waals surface area contributed by atoms with E-state index in [1.807, 2.05) is 0 Å². The van der Waals surface area contributed by atoms with Gasteiger partial charge in [-0.3, -0.25) is 9.69 Å². The molecule has 8 heteroatoms. The summed E-state index contributed by atoms with van der Waals surface area (Å²) < 4.78 is 10.5. The number of rotatable bonds is 3. The van der Waals surface area contributed by atoms with Gasteiger partial charge in [0.25, 0.3) is 5.91 Å². The molecular formula is C23H24N4O4. The van der Waals surface area contributed by atoms with Gasteiger partial charge in [0.2, 0.25) is 0 Å². The van der Waals surface area contributed by atoms with E-state index in [9.17, 15) is 9.59 Å². The Morgan fingerprint density at radius 2 is 1.74 bits per heavy atom. The number of hydrogen-bond donors (Lipinski definition) is 0. The number of ether oxygens (including phenoxy) is 1. The number of amides is 2. The monoisotopic (exact) mass is 420 g/mol. The number of fused-ring (bicyclic) bond motifs is 1. The molecule has 2 aliphatic heterocycles. The number of hydrogen-bond acceptors (Lipinski definition) is 6. The topological polar surface area (TPSA) is 88.8 Å². The van der Waals surface area contributed by atoms with Crippen LogP contribution in [0.4, 0.5) is 4.79 Å². The van der Waals surface area contributed by atoms with Crippen LogP contribution in [0.5, 0.6) is 0 Å². The van der Waals surface area contributed by atoms with Crippen LogP contribution in [0.3, 0.4) is 0 Å². The molecule has 2 aromatic carbocycles. The number of carbonyl (C=O) groups excluding carboxylic acids is 2. The van der Waals surface area contributed by atoms with Gasteiger partial charge >= 0.3 is 6.09 Å². The van der Waals surface area contributed by atoms with E-state index in [1.165, 1.54) is 11.1 Å². The molecule has 0 atom stereocenters. The summed E-state index contributed by atoms with van der Waals surface area (Å²) in [6, 6.07) is 11.5. The van der Waals surface area contributed by atoms with Crippen molar-refractivity contribution in [1.29, 1.82) is 0 Å². The highest BCUT2D eigenvalue weighted by Crippen LogP contribution is 2.34. The maximum atomic E-state index is 12.9. The lowest BCUT2D eigenvalue weighted by molar-refractivity contribution is 0.00313. The second kappa shape index (κ2) is 7.37. The zero-order chi connectivity index (χ0) is 21.6. The van der Waals surface area contributed by atoms with Crippen molar-refractivity contribution in [2.24, 2.45) is 0 Å². The molecule has 0 radical (unpaired) electrons. The van der Waals surface area contributed by atoms with Crippen molar-refractivity contribution in [2.45, 2.75) is 38.8 Å². The molecule has 2 aliphatic rings. The number of piperidine rings is 1. The molecule has 2 saturated heterocycles. The smallest absolute Gasteiger partial charge is 0.410 e. The molecule has 1 aromatic heterocycles. The first-order valence-electron chi connectivity index (χ1n) is 10.5. The lowest BCUT2D eigenvalue weighted by Crippen LogP contribution is -2.48. The summed E-state index contributed by atoms with van der Waals surface area (Å²) in [4.78, 5) is 29.1. The van der Waals surface area contributed by atoms with E-state index in [0.29, 0.717) is 55.6 Å². The van der Waals surface area contributed by atoms with E-state index < -0.39 is 5.60 Å². The predicted molar refractivity (Wildman–Crippen MR) is 112 cm³/mol. The van der Waals surface area contributed by atoms with Gasteiger partial charge in [-0.25, -0.2) is 9.42 Å². The van der Waals surface area contributed by atoms with Gasteiger partial charge in [-0.05, 0) is 47.9 Å². The maximum absolute atomic E-state index is 12.9. The van der Waals surface area contributed by atoms with Gasteiger partial charge in [0.1, 0.15) is 16.6 Å². The molecule has 0 saturated carbocycles. The Balaban J connectivity index is 1.24. The van der Waals surface area contributed by atoms with Gasteiger partial charge in [0.15, 0.2) is 0 Å². The van der Waals surface area contributed by atoms with E-state index in [1.54, 1.807) is 28.0 Å². The normalized spacial score (nSPS) is 18.1. The maximum Gasteiger partial charge on any atom is 0.410 e. The molecule has 0 aliphatic carbocycles. The molecule has 160 valence electrons. The average Bonchev–Trinajstić information content (AvgIpc) is 3.31. The summed E-state index contributed by atoms with van der Waals surface area (Å²) in [5, 5.41) is 7.58. The Bertz CT molecular complexity index is 1140. The van der Waals surface area contributed by atoms with Crippen LogP contribution in [0.25, 0.3) is 11.0 Å². The van der Waals surface area contributed by atoms with Crippen LogP contribution in [0.2, 0.25) is 0 Å². The third-order valence-corrected chi connectivity index (χ3v) is 6.16. The molecule has 1 spiro atoms. The third kappa shape index (κ3) is 3.73. The first kappa shape index (κ1) is 19.5. The lowest BCUT2D eigenvalue weighted by atomic mass is 9.91. The van der Waals surface area contributed by atoms with Crippen LogP contribution in [0.1, 0.15) is 39.9 Å². The summed E-state index contributed by atoms with van der Waals surface area (Å²) in [5.41, 5.74) is 4.69. The first-order valence-corrected chi connectivity index (χ1v) is 10.5. The van der Waals surface area contributed by atoms with E-state index in [0.717, 1.165) is 5.56 Å². The number of likely N-dealkylation sites (tertiary alicyclic amines) is 1. The molecule has 3 aromatic rings. The molecule has 0 unspecified atom stereocenters. The Labute approximate surface area is 179 Å². The first-order chi connectivity index (χ1) is 14.9. The van der Waals surface area contributed by atoms with E-state index in [-0.39, 0.29) is 12.0 Å². The standard InChI is InChI=1S/C23H24N4O4/c1-15-9-16(2)11-17(10-15)13-27-14-23(30-22(27)29)5-7-26(8-6-23)21(28)18-3-4-19-20(12-18)25-31-24-19/h3-4,9-12H,5-8,13-14H2,1-2H3. The van der Waals surface area contributed by atoms with Crippen molar-refractivity contribution in [3.05, 3.63) is 58.7 Å². The number of aryl methyl sites for hydroxylation is 2. The Morgan fingerprint density at radius 1 is 1.03 bits per heavy atom. The highest BCUT2D eigenvalue weighted by Gasteiger charge is 2.47. The van der Waals surface area contributed by atoms with Gasteiger partial charge < -0.3 is 9.64 Å². The number of nitrogens with zero attached hydrogens (tertiary/aromatic N) is 4. The quantitative estimate of drug-likeness (QED) is 0.645. The van der Waals surface area contributed by atoms with Crippen LogP contribution in [0, 0.1) is 13.8 Å². The van der Waals surface area contributed by atoms with E-state index >= 15 is 0 Å².